The first-order chi connectivity index (χ1) is 10.2. The highest BCUT2D eigenvalue weighted by atomic mass is 35.5. The lowest BCUT2D eigenvalue weighted by Gasteiger charge is -2.18. The van der Waals surface area contributed by atoms with Crippen molar-refractivity contribution in [3.63, 3.8) is 0 Å². The molecule has 1 unspecified atom stereocenters. The van der Waals surface area contributed by atoms with Crippen LogP contribution in [0.25, 0.3) is 0 Å². The summed E-state index contributed by atoms with van der Waals surface area (Å²) in [6, 6.07) is 4.86. The van der Waals surface area contributed by atoms with Crippen molar-refractivity contribution in [2.24, 2.45) is 11.8 Å². The summed E-state index contributed by atoms with van der Waals surface area (Å²) >= 11 is 6.03. The molecule has 116 valence electrons. The van der Waals surface area contributed by atoms with Gasteiger partial charge in [-0.05, 0) is 38.5 Å². The zero-order valence-electron chi connectivity index (χ0n) is 12.6. The second-order valence-electron chi connectivity index (χ2n) is 5.51. The number of halogens is 1. The van der Waals surface area contributed by atoms with E-state index >= 15 is 0 Å². The average Bonchev–Trinajstić information content (AvgIpc) is 2.68. The van der Waals surface area contributed by atoms with Crippen LogP contribution in [0.15, 0.2) is 18.2 Å². The SMILES string of the molecule is CC(=O)C(C(C)=O)C1CC(=O)N(c2ccc(C)c(Cl)c2)C1=O. The Morgan fingerprint density at radius 2 is 1.82 bits per heavy atom. The lowest BCUT2D eigenvalue weighted by atomic mass is 9.85. The molecule has 0 bridgehead atoms. The third-order valence-electron chi connectivity index (χ3n) is 3.87. The van der Waals surface area contributed by atoms with E-state index in [4.69, 9.17) is 11.6 Å². The highest BCUT2D eigenvalue weighted by molar-refractivity contribution is 6.32. The maximum Gasteiger partial charge on any atom is 0.238 e. The van der Waals surface area contributed by atoms with Crippen LogP contribution < -0.4 is 4.90 Å². The normalized spacial score (nSPS) is 18.2. The number of hydrogen-bond acceptors (Lipinski definition) is 4. The molecule has 22 heavy (non-hydrogen) atoms. The van der Waals surface area contributed by atoms with Gasteiger partial charge in [-0.3, -0.25) is 24.1 Å². The minimum absolute atomic E-state index is 0.145. The molecule has 1 heterocycles. The third-order valence-corrected chi connectivity index (χ3v) is 4.28. The number of imide groups is 1. The van der Waals surface area contributed by atoms with Crippen LogP contribution in [0, 0.1) is 18.8 Å². The number of Topliss-reactive ketones (excluding diaryl/α,β-unsaturated/α-hetero) is 2. The van der Waals surface area contributed by atoms with Crippen LogP contribution in [0.5, 0.6) is 0 Å². The number of nitrogens with zero attached hydrogens (tertiary/aromatic N) is 1. The largest absolute Gasteiger partial charge is 0.299 e. The molecule has 6 heteroatoms. The molecule has 1 saturated heterocycles. The van der Waals surface area contributed by atoms with Gasteiger partial charge in [-0.15, -0.1) is 0 Å². The van der Waals surface area contributed by atoms with Gasteiger partial charge in [-0.2, -0.15) is 0 Å². The summed E-state index contributed by atoms with van der Waals surface area (Å²) in [4.78, 5) is 49.0. The fraction of sp³-hybridized carbons (Fsp3) is 0.375. The van der Waals surface area contributed by atoms with E-state index in [2.05, 4.69) is 0 Å². The summed E-state index contributed by atoms with van der Waals surface area (Å²) in [6.07, 6.45) is -0.145. The lowest BCUT2D eigenvalue weighted by Crippen LogP contribution is -2.36. The zero-order valence-corrected chi connectivity index (χ0v) is 13.3. The molecule has 5 nitrogen and oxygen atoms in total. The molecule has 2 amide bonds. The molecule has 1 aliphatic heterocycles. The summed E-state index contributed by atoms with van der Waals surface area (Å²) in [5.41, 5.74) is 1.19. The van der Waals surface area contributed by atoms with Crippen LogP contribution in [-0.2, 0) is 19.2 Å². The molecule has 0 spiro atoms. The standard InChI is InChI=1S/C16H16ClNO4/c1-8-4-5-11(6-13(8)17)18-14(21)7-12(16(18)22)15(9(2)19)10(3)20/h4-6,12,15H,7H2,1-3H3. The number of carbonyl (C=O) groups excluding carboxylic acids is 4. The molecule has 1 aromatic rings. The summed E-state index contributed by atoms with van der Waals surface area (Å²) in [6.45, 7) is 4.33. The molecular formula is C16H16ClNO4. The van der Waals surface area contributed by atoms with Crippen molar-refractivity contribution in [2.75, 3.05) is 4.90 Å². The molecule has 2 rings (SSSR count). The molecule has 1 aromatic carbocycles. The Morgan fingerprint density at radius 1 is 1.23 bits per heavy atom. The first-order valence-corrected chi connectivity index (χ1v) is 7.25. The maximum atomic E-state index is 12.5. The Morgan fingerprint density at radius 3 is 2.32 bits per heavy atom. The Hall–Kier alpha value is -2.01. The van der Waals surface area contributed by atoms with Gasteiger partial charge in [0.05, 0.1) is 17.5 Å². The minimum Gasteiger partial charge on any atom is -0.299 e. The van der Waals surface area contributed by atoms with E-state index in [0.717, 1.165) is 10.5 Å². The number of rotatable bonds is 4. The van der Waals surface area contributed by atoms with E-state index in [9.17, 15) is 19.2 Å². The molecular weight excluding hydrogens is 306 g/mol. The zero-order chi connectivity index (χ0) is 16.6. The topological polar surface area (TPSA) is 71.5 Å². The monoisotopic (exact) mass is 321 g/mol. The fourth-order valence-corrected chi connectivity index (χ4v) is 2.94. The van der Waals surface area contributed by atoms with Crippen molar-refractivity contribution in [1.82, 2.24) is 0 Å². The molecule has 0 aliphatic carbocycles. The van der Waals surface area contributed by atoms with Crippen LogP contribution in [0.1, 0.15) is 25.8 Å². The quantitative estimate of drug-likeness (QED) is 0.630. The van der Waals surface area contributed by atoms with E-state index in [1.54, 1.807) is 12.1 Å². The van der Waals surface area contributed by atoms with Crippen molar-refractivity contribution in [3.8, 4) is 0 Å². The number of hydrogen-bond donors (Lipinski definition) is 0. The maximum absolute atomic E-state index is 12.5. The van der Waals surface area contributed by atoms with E-state index in [1.165, 1.54) is 19.9 Å². The highest BCUT2D eigenvalue weighted by Crippen LogP contribution is 2.33. The van der Waals surface area contributed by atoms with Gasteiger partial charge in [-0.1, -0.05) is 17.7 Å². The fourth-order valence-electron chi connectivity index (χ4n) is 2.76. The molecule has 0 saturated carbocycles. The van der Waals surface area contributed by atoms with Crippen molar-refractivity contribution in [2.45, 2.75) is 27.2 Å². The Kier molecular flexibility index (Phi) is 4.47. The number of amides is 2. The van der Waals surface area contributed by atoms with Gasteiger partial charge in [0, 0.05) is 11.4 Å². The van der Waals surface area contributed by atoms with Crippen LogP contribution >= 0.6 is 11.6 Å². The average molecular weight is 322 g/mol. The highest BCUT2D eigenvalue weighted by Gasteiger charge is 2.46. The Bertz CT molecular complexity index is 669. The summed E-state index contributed by atoms with van der Waals surface area (Å²) in [5.74, 6) is -3.75. The number of carbonyl (C=O) groups is 4. The Balaban J connectivity index is 2.38. The van der Waals surface area contributed by atoms with Gasteiger partial charge in [0.15, 0.2) is 0 Å². The van der Waals surface area contributed by atoms with Crippen LogP contribution in [-0.4, -0.2) is 23.4 Å². The summed E-state index contributed by atoms with van der Waals surface area (Å²) in [7, 11) is 0. The van der Waals surface area contributed by atoms with Crippen LogP contribution in [0.3, 0.4) is 0 Å². The van der Waals surface area contributed by atoms with Crippen molar-refractivity contribution in [3.05, 3.63) is 28.8 Å². The minimum atomic E-state index is -1.07. The van der Waals surface area contributed by atoms with E-state index < -0.39 is 35.2 Å². The van der Waals surface area contributed by atoms with Crippen molar-refractivity contribution in [1.29, 1.82) is 0 Å². The number of ketones is 2. The number of anilines is 1. The van der Waals surface area contributed by atoms with Gasteiger partial charge in [0.2, 0.25) is 11.8 Å². The molecule has 0 aromatic heterocycles. The lowest BCUT2D eigenvalue weighted by molar-refractivity contribution is -0.137. The van der Waals surface area contributed by atoms with Gasteiger partial charge < -0.3 is 0 Å². The number of benzene rings is 1. The molecule has 0 radical (unpaired) electrons. The van der Waals surface area contributed by atoms with Gasteiger partial charge >= 0.3 is 0 Å². The van der Waals surface area contributed by atoms with Gasteiger partial charge in [0.1, 0.15) is 11.6 Å². The van der Waals surface area contributed by atoms with E-state index in [1.807, 2.05) is 6.92 Å². The van der Waals surface area contributed by atoms with Gasteiger partial charge in [-0.25, -0.2) is 0 Å². The summed E-state index contributed by atoms with van der Waals surface area (Å²) in [5, 5.41) is 0.441. The third kappa shape index (κ3) is 2.81. The van der Waals surface area contributed by atoms with Crippen LogP contribution in [0.2, 0.25) is 5.02 Å². The second-order valence-corrected chi connectivity index (χ2v) is 5.92. The second kappa shape index (κ2) is 6.01. The first kappa shape index (κ1) is 16.4. The number of aryl methyl sites for hydroxylation is 1. The molecule has 1 atom stereocenters. The smallest absolute Gasteiger partial charge is 0.238 e. The first-order valence-electron chi connectivity index (χ1n) is 6.88. The van der Waals surface area contributed by atoms with E-state index in [-0.39, 0.29) is 6.42 Å². The van der Waals surface area contributed by atoms with E-state index in [0.29, 0.717) is 10.7 Å². The van der Waals surface area contributed by atoms with Crippen molar-refractivity contribution >= 4 is 40.7 Å². The summed E-state index contributed by atoms with van der Waals surface area (Å²) < 4.78 is 0. The predicted octanol–water partition coefficient (Wildman–Crippen LogP) is 2.32. The van der Waals surface area contributed by atoms with Gasteiger partial charge in [0.25, 0.3) is 0 Å². The molecule has 1 aliphatic rings. The Labute approximate surface area is 133 Å². The predicted molar refractivity (Wildman–Crippen MR) is 81.6 cm³/mol. The van der Waals surface area contributed by atoms with Crippen LogP contribution in [0.4, 0.5) is 5.69 Å². The van der Waals surface area contributed by atoms with Crippen molar-refractivity contribution < 1.29 is 19.2 Å². The molecule has 0 N–H and O–H groups in total. The molecule has 1 fully saturated rings.